The number of nitrogens with one attached hydrogen (secondary N) is 2. The molecule has 2 aromatic rings. The Labute approximate surface area is 142 Å². The highest BCUT2D eigenvalue weighted by Crippen LogP contribution is 2.25. The molecule has 1 aromatic carbocycles. The molecule has 2 N–H and O–H groups in total. The summed E-state index contributed by atoms with van der Waals surface area (Å²) in [5.74, 6) is 0.959. The van der Waals surface area contributed by atoms with E-state index in [4.69, 9.17) is 4.74 Å². The van der Waals surface area contributed by atoms with Crippen molar-refractivity contribution in [2.24, 2.45) is 0 Å². The highest BCUT2D eigenvalue weighted by atomic mass is 16.5. The summed E-state index contributed by atoms with van der Waals surface area (Å²) in [5, 5.41) is 5.91. The monoisotopic (exact) mass is 328 g/mol. The number of hydrogen-bond acceptors (Lipinski definition) is 4. The minimum atomic E-state index is -0.0583. The first kappa shape index (κ1) is 16.7. The number of benzene rings is 1. The number of methoxy groups -OCH3 is 1. The second-order valence-corrected chi connectivity index (χ2v) is 5.98. The van der Waals surface area contributed by atoms with Crippen LogP contribution in [-0.2, 0) is 22.5 Å². The summed E-state index contributed by atoms with van der Waals surface area (Å²) in [7, 11) is 1.64. The molecule has 24 heavy (non-hydrogen) atoms. The van der Waals surface area contributed by atoms with Gasteiger partial charge >= 0.3 is 0 Å². The molecule has 0 aliphatic carbocycles. The molecule has 0 saturated carbocycles. The summed E-state index contributed by atoms with van der Waals surface area (Å²) in [4.78, 5) is 16.4. The maximum absolute atomic E-state index is 11.8. The Balaban J connectivity index is 1.59. The summed E-state index contributed by atoms with van der Waals surface area (Å²) >= 11 is 0. The normalized spacial score (nSPS) is 13.5. The zero-order valence-corrected chi connectivity index (χ0v) is 14.0. The van der Waals surface area contributed by atoms with Gasteiger partial charge in [-0.2, -0.15) is 0 Å². The predicted octanol–water partition coefficient (Wildman–Crippen LogP) is 2.06. The summed E-state index contributed by atoms with van der Waals surface area (Å²) < 4.78 is 7.23. The van der Waals surface area contributed by atoms with Gasteiger partial charge in [-0.05, 0) is 43.5 Å². The van der Waals surface area contributed by atoms with E-state index in [0.29, 0.717) is 13.2 Å². The maximum atomic E-state index is 11.8. The zero-order chi connectivity index (χ0) is 16.8. The van der Waals surface area contributed by atoms with E-state index in [1.54, 1.807) is 7.11 Å². The number of anilines is 1. The van der Waals surface area contributed by atoms with Crippen molar-refractivity contribution in [3.8, 4) is 11.4 Å². The van der Waals surface area contributed by atoms with Crippen molar-refractivity contribution in [1.82, 2.24) is 14.9 Å². The minimum absolute atomic E-state index is 0.0583. The number of hydrogen-bond donors (Lipinski definition) is 2. The fourth-order valence-electron chi connectivity index (χ4n) is 2.95. The molecule has 128 valence electrons. The van der Waals surface area contributed by atoms with Crippen molar-refractivity contribution < 1.29 is 9.53 Å². The smallest absolute Gasteiger partial charge is 0.238 e. The Morgan fingerprint density at radius 3 is 2.92 bits per heavy atom. The molecule has 2 heterocycles. The molecule has 1 aliphatic heterocycles. The van der Waals surface area contributed by atoms with Crippen LogP contribution in [0.25, 0.3) is 11.4 Å². The number of carbonyl (C=O) groups is 1. The zero-order valence-electron chi connectivity index (χ0n) is 14.0. The number of rotatable bonds is 7. The summed E-state index contributed by atoms with van der Waals surface area (Å²) in [6, 6.07) is 7.87. The van der Waals surface area contributed by atoms with Gasteiger partial charge in [0.15, 0.2) is 0 Å². The van der Waals surface area contributed by atoms with E-state index in [2.05, 4.69) is 20.2 Å². The van der Waals surface area contributed by atoms with Gasteiger partial charge in [-0.1, -0.05) is 0 Å². The molecule has 6 heteroatoms. The number of nitrogens with zero attached hydrogens (tertiary/aromatic N) is 2. The lowest BCUT2D eigenvalue weighted by Crippen LogP contribution is -2.30. The number of amides is 1. The van der Waals surface area contributed by atoms with Crippen molar-refractivity contribution >= 4 is 11.6 Å². The Morgan fingerprint density at radius 2 is 2.12 bits per heavy atom. The van der Waals surface area contributed by atoms with Crippen LogP contribution in [0.2, 0.25) is 0 Å². The average Bonchev–Trinajstić information content (AvgIpc) is 3.04. The fraction of sp³-hybridized carbons (Fsp3) is 0.444. The number of imidazole rings is 1. The molecular formula is C18H24N4O2. The largest absolute Gasteiger partial charge is 0.383 e. The lowest BCUT2D eigenvalue weighted by atomic mass is 10.1. The van der Waals surface area contributed by atoms with Crippen molar-refractivity contribution in [1.29, 1.82) is 0 Å². The SMILES string of the molecule is COCCNCC(=O)Nc1ccc(-c2ncc3n2CCCC3)cc1. The van der Waals surface area contributed by atoms with Gasteiger partial charge in [-0.3, -0.25) is 4.79 Å². The Bertz CT molecular complexity index is 679. The molecule has 3 rings (SSSR count). The molecule has 0 fully saturated rings. The molecule has 0 atom stereocenters. The van der Waals surface area contributed by atoms with Crippen LogP contribution in [0.15, 0.2) is 30.5 Å². The van der Waals surface area contributed by atoms with Crippen LogP contribution in [0, 0.1) is 0 Å². The third-order valence-corrected chi connectivity index (χ3v) is 4.20. The third-order valence-electron chi connectivity index (χ3n) is 4.20. The highest BCUT2D eigenvalue weighted by Gasteiger charge is 2.15. The molecular weight excluding hydrogens is 304 g/mol. The van der Waals surface area contributed by atoms with Crippen LogP contribution in [0.4, 0.5) is 5.69 Å². The van der Waals surface area contributed by atoms with Gasteiger partial charge in [-0.15, -0.1) is 0 Å². The molecule has 0 unspecified atom stereocenters. The van der Waals surface area contributed by atoms with E-state index in [1.165, 1.54) is 18.5 Å². The first-order valence-corrected chi connectivity index (χ1v) is 8.42. The van der Waals surface area contributed by atoms with E-state index in [0.717, 1.165) is 30.0 Å². The molecule has 6 nitrogen and oxygen atoms in total. The molecule has 1 amide bonds. The number of aryl methyl sites for hydroxylation is 1. The highest BCUT2D eigenvalue weighted by molar-refractivity contribution is 5.92. The van der Waals surface area contributed by atoms with E-state index < -0.39 is 0 Å². The van der Waals surface area contributed by atoms with Crippen LogP contribution in [0.1, 0.15) is 18.5 Å². The van der Waals surface area contributed by atoms with Gasteiger partial charge in [0.05, 0.1) is 13.2 Å². The van der Waals surface area contributed by atoms with Crippen LogP contribution in [-0.4, -0.2) is 42.3 Å². The predicted molar refractivity (Wildman–Crippen MR) is 94.0 cm³/mol. The third kappa shape index (κ3) is 4.01. The van der Waals surface area contributed by atoms with Crippen LogP contribution in [0.3, 0.4) is 0 Å². The number of fused-ring (bicyclic) bond motifs is 1. The van der Waals surface area contributed by atoms with E-state index in [9.17, 15) is 4.79 Å². The summed E-state index contributed by atoms with van der Waals surface area (Å²) in [6.07, 6.45) is 5.54. The molecule has 1 aliphatic rings. The quantitative estimate of drug-likeness (QED) is 0.764. The van der Waals surface area contributed by atoms with Gasteiger partial charge < -0.3 is 19.9 Å². The van der Waals surface area contributed by atoms with Gasteiger partial charge in [0.25, 0.3) is 0 Å². The molecule has 0 saturated heterocycles. The maximum Gasteiger partial charge on any atom is 0.238 e. The topological polar surface area (TPSA) is 68.2 Å². The Morgan fingerprint density at radius 1 is 1.29 bits per heavy atom. The van der Waals surface area contributed by atoms with Crippen LogP contribution >= 0.6 is 0 Å². The van der Waals surface area contributed by atoms with E-state index in [1.807, 2.05) is 30.5 Å². The second-order valence-electron chi connectivity index (χ2n) is 5.98. The molecule has 0 bridgehead atoms. The Hall–Kier alpha value is -2.18. The van der Waals surface area contributed by atoms with Crippen molar-refractivity contribution in [2.45, 2.75) is 25.8 Å². The van der Waals surface area contributed by atoms with Crippen LogP contribution < -0.4 is 10.6 Å². The lowest BCUT2D eigenvalue weighted by molar-refractivity contribution is -0.115. The number of aromatic nitrogens is 2. The second kappa shape index (κ2) is 8.08. The van der Waals surface area contributed by atoms with Crippen LogP contribution in [0.5, 0.6) is 0 Å². The van der Waals surface area contributed by atoms with Gasteiger partial charge in [0.2, 0.25) is 5.91 Å². The number of carbonyl (C=O) groups excluding carboxylic acids is 1. The summed E-state index contributed by atoms with van der Waals surface area (Å²) in [6.45, 7) is 2.57. The number of ether oxygens (including phenoxy) is 1. The van der Waals surface area contributed by atoms with Gasteiger partial charge in [0.1, 0.15) is 5.82 Å². The molecule has 0 spiro atoms. The van der Waals surface area contributed by atoms with Crippen molar-refractivity contribution in [3.63, 3.8) is 0 Å². The van der Waals surface area contributed by atoms with Crippen molar-refractivity contribution in [3.05, 3.63) is 36.2 Å². The lowest BCUT2D eigenvalue weighted by Gasteiger charge is -2.16. The van der Waals surface area contributed by atoms with Crippen molar-refractivity contribution in [2.75, 3.05) is 32.1 Å². The van der Waals surface area contributed by atoms with E-state index >= 15 is 0 Å². The Kier molecular flexibility index (Phi) is 5.61. The first-order chi connectivity index (χ1) is 11.8. The molecule has 1 aromatic heterocycles. The first-order valence-electron chi connectivity index (χ1n) is 8.42. The average molecular weight is 328 g/mol. The summed E-state index contributed by atoms with van der Waals surface area (Å²) in [5.41, 5.74) is 3.19. The van der Waals surface area contributed by atoms with Gasteiger partial charge in [0, 0.05) is 43.3 Å². The fourth-order valence-corrected chi connectivity index (χ4v) is 2.95. The minimum Gasteiger partial charge on any atom is -0.383 e. The van der Waals surface area contributed by atoms with Gasteiger partial charge in [-0.25, -0.2) is 4.98 Å². The van der Waals surface area contributed by atoms with E-state index in [-0.39, 0.29) is 12.5 Å². The standard InChI is InChI=1S/C18H24N4O2/c1-24-11-9-19-13-17(23)21-15-7-5-14(6-8-15)18-20-12-16-4-2-3-10-22(16)18/h5-8,12,19H,2-4,9-11,13H2,1H3,(H,21,23). The molecule has 0 radical (unpaired) electrons.